The molecule has 0 aromatic carbocycles. The molecule has 5 heteroatoms. The molecular weight excluding hydrogens is 296 g/mol. The van der Waals surface area contributed by atoms with E-state index in [9.17, 15) is 9.59 Å². The van der Waals surface area contributed by atoms with Gasteiger partial charge in [-0.2, -0.15) is 0 Å². The van der Waals surface area contributed by atoms with Crippen LogP contribution in [0.5, 0.6) is 0 Å². The third-order valence-corrected chi connectivity index (χ3v) is 5.39. The van der Waals surface area contributed by atoms with Crippen molar-refractivity contribution in [3.8, 4) is 0 Å². The molecule has 0 unspecified atom stereocenters. The molecule has 0 spiro atoms. The topological polar surface area (TPSA) is 72.2 Å². The van der Waals surface area contributed by atoms with Crippen LogP contribution in [0.3, 0.4) is 0 Å². The van der Waals surface area contributed by atoms with Gasteiger partial charge in [0.15, 0.2) is 0 Å². The zero-order valence-electron chi connectivity index (χ0n) is 13.4. The van der Waals surface area contributed by atoms with Gasteiger partial charge in [0, 0.05) is 11.3 Å². The Balaban J connectivity index is 2.17. The number of hydrogen-bond donors (Lipinski definition) is 2. The van der Waals surface area contributed by atoms with Gasteiger partial charge in [-0.25, -0.2) is 0 Å². The molecule has 0 radical (unpaired) electrons. The normalized spacial score (nSPS) is 14.8. The smallest absolute Gasteiger partial charge is 0.251 e. The summed E-state index contributed by atoms with van der Waals surface area (Å²) in [4.78, 5) is 25.2. The average Bonchev–Trinajstić information content (AvgIpc) is 2.76. The van der Waals surface area contributed by atoms with Crippen molar-refractivity contribution in [3.63, 3.8) is 0 Å². The Kier molecular flexibility index (Phi) is 6.43. The van der Waals surface area contributed by atoms with E-state index in [-0.39, 0.29) is 5.91 Å². The van der Waals surface area contributed by atoms with Crippen LogP contribution in [0.4, 0.5) is 5.00 Å². The van der Waals surface area contributed by atoms with Crippen molar-refractivity contribution in [2.75, 3.05) is 5.32 Å². The lowest BCUT2D eigenvalue weighted by Gasteiger charge is -2.10. The number of hydrogen-bond acceptors (Lipinski definition) is 3. The van der Waals surface area contributed by atoms with Gasteiger partial charge in [-0.05, 0) is 37.7 Å². The molecule has 1 aromatic rings. The van der Waals surface area contributed by atoms with Crippen LogP contribution in [-0.2, 0) is 17.6 Å². The number of anilines is 1. The number of thiophene rings is 1. The van der Waals surface area contributed by atoms with Gasteiger partial charge in [0.25, 0.3) is 5.91 Å². The number of nitrogens with two attached hydrogens (primary N) is 1. The summed E-state index contributed by atoms with van der Waals surface area (Å²) in [6.07, 6.45) is 10.1. The van der Waals surface area contributed by atoms with Crippen molar-refractivity contribution in [3.05, 3.63) is 16.0 Å². The predicted octanol–water partition coefficient (Wildman–Crippen LogP) is 4.02. The monoisotopic (exact) mass is 322 g/mol. The summed E-state index contributed by atoms with van der Waals surface area (Å²) in [6.45, 7) is 2.11. The van der Waals surface area contributed by atoms with E-state index in [4.69, 9.17) is 5.73 Å². The van der Waals surface area contributed by atoms with Gasteiger partial charge in [0.2, 0.25) is 5.91 Å². The van der Waals surface area contributed by atoms with Crippen molar-refractivity contribution < 1.29 is 9.59 Å². The fraction of sp³-hybridized carbons (Fsp3) is 0.647. The molecule has 0 saturated carbocycles. The van der Waals surface area contributed by atoms with Crippen molar-refractivity contribution in [1.82, 2.24) is 0 Å². The van der Waals surface area contributed by atoms with E-state index in [1.165, 1.54) is 17.7 Å². The largest absolute Gasteiger partial charge is 0.365 e. The zero-order chi connectivity index (χ0) is 15.9. The maximum absolute atomic E-state index is 12.1. The Morgan fingerprint density at radius 2 is 1.86 bits per heavy atom. The van der Waals surface area contributed by atoms with Crippen LogP contribution in [0.15, 0.2) is 0 Å². The minimum absolute atomic E-state index is 0.00910. The lowest BCUT2D eigenvalue weighted by Crippen LogP contribution is -2.18. The van der Waals surface area contributed by atoms with Crippen LogP contribution in [0.1, 0.15) is 79.1 Å². The van der Waals surface area contributed by atoms with E-state index < -0.39 is 5.91 Å². The van der Waals surface area contributed by atoms with Crippen LogP contribution < -0.4 is 11.1 Å². The SMILES string of the molecule is CCCCCC(=O)Nc1sc2c(c1C(N)=O)CCCCCC2. The summed E-state index contributed by atoms with van der Waals surface area (Å²) < 4.78 is 0. The highest BCUT2D eigenvalue weighted by Gasteiger charge is 2.23. The highest BCUT2D eigenvalue weighted by molar-refractivity contribution is 7.17. The first-order chi connectivity index (χ1) is 10.6. The predicted molar refractivity (Wildman–Crippen MR) is 91.5 cm³/mol. The Morgan fingerprint density at radius 3 is 2.55 bits per heavy atom. The minimum Gasteiger partial charge on any atom is -0.365 e. The summed E-state index contributed by atoms with van der Waals surface area (Å²) >= 11 is 1.55. The highest BCUT2D eigenvalue weighted by Crippen LogP contribution is 2.36. The summed E-state index contributed by atoms with van der Waals surface area (Å²) in [5.41, 5.74) is 7.23. The second-order valence-corrected chi connectivity index (χ2v) is 7.10. The molecule has 0 aliphatic heterocycles. The van der Waals surface area contributed by atoms with E-state index >= 15 is 0 Å². The Hall–Kier alpha value is -1.36. The van der Waals surface area contributed by atoms with Gasteiger partial charge < -0.3 is 11.1 Å². The second-order valence-electron chi connectivity index (χ2n) is 5.99. The Labute approximate surface area is 136 Å². The quantitative estimate of drug-likeness (QED) is 0.776. The first-order valence-corrected chi connectivity index (χ1v) is 9.19. The van der Waals surface area contributed by atoms with Crippen LogP contribution in [0.2, 0.25) is 0 Å². The number of carbonyl (C=O) groups is 2. The molecule has 4 nitrogen and oxygen atoms in total. The van der Waals surface area contributed by atoms with Gasteiger partial charge in [0.05, 0.1) is 5.56 Å². The van der Waals surface area contributed by atoms with Crippen LogP contribution in [0.25, 0.3) is 0 Å². The molecule has 1 aromatic heterocycles. The third kappa shape index (κ3) is 4.32. The van der Waals surface area contributed by atoms with Crippen LogP contribution in [-0.4, -0.2) is 11.8 Å². The maximum atomic E-state index is 12.1. The van der Waals surface area contributed by atoms with Crippen molar-refractivity contribution >= 4 is 28.2 Å². The van der Waals surface area contributed by atoms with Gasteiger partial charge in [-0.3, -0.25) is 9.59 Å². The minimum atomic E-state index is -0.415. The lowest BCUT2D eigenvalue weighted by atomic mass is 9.96. The molecule has 1 aliphatic carbocycles. The summed E-state index contributed by atoms with van der Waals surface area (Å²) in [5, 5.41) is 3.60. The van der Waals surface area contributed by atoms with E-state index in [1.807, 2.05) is 0 Å². The van der Waals surface area contributed by atoms with Crippen LogP contribution in [0, 0.1) is 0 Å². The van der Waals surface area contributed by atoms with Gasteiger partial charge in [0.1, 0.15) is 5.00 Å². The Morgan fingerprint density at radius 1 is 1.14 bits per heavy atom. The van der Waals surface area contributed by atoms with Crippen LogP contribution >= 0.6 is 11.3 Å². The summed E-state index contributed by atoms with van der Waals surface area (Å²) in [6, 6.07) is 0. The first kappa shape index (κ1) is 17.0. The third-order valence-electron chi connectivity index (χ3n) is 4.18. The van der Waals surface area contributed by atoms with Gasteiger partial charge in [-0.1, -0.05) is 32.6 Å². The Bertz CT molecular complexity index is 537. The number of fused-ring (bicyclic) bond motifs is 1. The molecule has 0 saturated heterocycles. The summed E-state index contributed by atoms with van der Waals surface area (Å²) in [5.74, 6) is -0.424. The maximum Gasteiger partial charge on any atom is 0.251 e. The number of amides is 2. The molecule has 3 N–H and O–H groups in total. The molecule has 122 valence electrons. The molecule has 2 rings (SSSR count). The molecule has 1 aliphatic rings. The highest BCUT2D eigenvalue weighted by atomic mass is 32.1. The van der Waals surface area contributed by atoms with Crippen molar-refractivity contribution in [2.45, 2.75) is 71.1 Å². The van der Waals surface area contributed by atoms with Gasteiger partial charge in [-0.15, -0.1) is 11.3 Å². The fourth-order valence-electron chi connectivity index (χ4n) is 2.99. The molecule has 0 atom stereocenters. The molecule has 0 fully saturated rings. The van der Waals surface area contributed by atoms with Gasteiger partial charge >= 0.3 is 0 Å². The number of nitrogens with one attached hydrogen (secondary N) is 1. The fourth-order valence-corrected chi connectivity index (χ4v) is 4.30. The second kappa shape index (κ2) is 8.32. The standard InChI is InChI=1S/C17H26N2O2S/c1-2-3-6-11-14(20)19-17-15(16(18)21)12-9-7-4-5-8-10-13(12)22-17/h2-11H2,1H3,(H2,18,21)(H,19,20). The lowest BCUT2D eigenvalue weighted by molar-refractivity contribution is -0.116. The van der Waals surface area contributed by atoms with Crippen molar-refractivity contribution in [2.24, 2.45) is 5.73 Å². The molecular formula is C17H26N2O2S. The van der Waals surface area contributed by atoms with E-state index in [0.29, 0.717) is 17.0 Å². The number of aryl methyl sites for hydroxylation is 1. The average molecular weight is 322 g/mol. The number of rotatable bonds is 6. The van der Waals surface area contributed by atoms with Crippen molar-refractivity contribution in [1.29, 1.82) is 0 Å². The molecule has 22 heavy (non-hydrogen) atoms. The van der Waals surface area contributed by atoms with E-state index in [1.54, 1.807) is 11.3 Å². The first-order valence-electron chi connectivity index (χ1n) is 8.37. The molecule has 0 bridgehead atoms. The number of unbranched alkanes of at least 4 members (excludes halogenated alkanes) is 2. The molecule has 2 amide bonds. The zero-order valence-corrected chi connectivity index (χ0v) is 14.2. The number of primary amides is 1. The molecule has 1 heterocycles. The van der Waals surface area contributed by atoms with E-state index in [2.05, 4.69) is 12.2 Å². The number of carbonyl (C=O) groups excluding carboxylic acids is 2. The summed E-state index contributed by atoms with van der Waals surface area (Å²) in [7, 11) is 0. The van der Waals surface area contributed by atoms with E-state index in [0.717, 1.165) is 50.5 Å².